The SMILES string of the molecule is COCCCn1c([C@@H]2CCCN(C(=O)C[C@@H](N)CNS(=O)(=O)c3ccc(OC)cc3)C2)nc2ccccc21. The molecule has 4 rings (SSSR count). The zero-order chi connectivity index (χ0) is 27.1. The first-order chi connectivity index (χ1) is 18.3. The number of nitrogens with zero attached hydrogens (tertiary/aromatic N) is 3. The number of amides is 1. The van der Waals surface area contributed by atoms with Crippen LogP contribution in [0.1, 0.15) is 37.4 Å². The number of piperidine rings is 1. The number of rotatable bonds is 12. The number of hydrogen-bond donors (Lipinski definition) is 2. The number of para-hydroxylation sites is 2. The number of likely N-dealkylation sites (tertiary alicyclic amines) is 1. The summed E-state index contributed by atoms with van der Waals surface area (Å²) in [6.07, 6.45) is 2.75. The number of aromatic nitrogens is 2. The lowest BCUT2D eigenvalue weighted by Crippen LogP contribution is -2.45. The fraction of sp³-hybridized carbons (Fsp3) is 0.481. The van der Waals surface area contributed by atoms with E-state index in [0.717, 1.165) is 42.7 Å². The fourth-order valence-electron chi connectivity index (χ4n) is 4.90. The van der Waals surface area contributed by atoms with Gasteiger partial charge in [0.15, 0.2) is 0 Å². The van der Waals surface area contributed by atoms with Crippen LogP contribution < -0.4 is 15.2 Å². The van der Waals surface area contributed by atoms with Crippen molar-refractivity contribution in [2.75, 3.05) is 40.5 Å². The van der Waals surface area contributed by atoms with Crippen LogP contribution >= 0.6 is 0 Å². The van der Waals surface area contributed by atoms with Gasteiger partial charge in [-0.1, -0.05) is 12.1 Å². The van der Waals surface area contributed by atoms with Crippen LogP contribution in [0.5, 0.6) is 5.75 Å². The highest BCUT2D eigenvalue weighted by atomic mass is 32.2. The monoisotopic (exact) mass is 543 g/mol. The topological polar surface area (TPSA) is 129 Å². The Kier molecular flexibility index (Phi) is 9.37. The molecule has 38 heavy (non-hydrogen) atoms. The first-order valence-electron chi connectivity index (χ1n) is 12.9. The van der Waals surface area contributed by atoms with E-state index < -0.39 is 16.1 Å². The van der Waals surface area contributed by atoms with Crippen LogP contribution in [0.4, 0.5) is 0 Å². The fourth-order valence-corrected chi connectivity index (χ4v) is 6.00. The Labute approximate surface area is 224 Å². The largest absolute Gasteiger partial charge is 0.497 e. The Bertz CT molecular complexity index is 1330. The van der Waals surface area contributed by atoms with Crippen molar-refractivity contribution in [2.45, 2.75) is 49.1 Å². The molecule has 0 aliphatic carbocycles. The molecule has 1 aliphatic rings. The quantitative estimate of drug-likeness (QED) is 0.336. The number of methoxy groups -OCH3 is 2. The molecule has 3 N–H and O–H groups in total. The molecule has 1 aromatic heterocycles. The van der Waals surface area contributed by atoms with Crippen molar-refractivity contribution < 1.29 is 22.7 Å². The van der Waals surface area contributed by atoms with Crippen molar-refractivity contribution in [3.05, 3.63) is 54.4 Å². The predicted molar refractivity (Wildman–Crippen MR) is 146 cm³/mol. The van der Waals surface area contributed by atoms with Crippen LogP contribution in [0.15, 0.2) is 53.4 Å². The zero-order valence-corrected chi connectivity index (χ0v) is 22.8. The number of nitrogens with one attached hydrogen (secondary N) is 1. The van der Waals surface area contributed by atoms with Crippen molar-refractivity contribution >= 4 is 27.0 Å². The van der Waals surface area contributed by atoms with E-state index in [1.807, 2.05) is 23.1 Å². The van der Waals surface area contributed by atoms with Gasteiger partial charge in [0.2, 0.25) is 15.9 Å². The third kappa shape index (κ3) is 6.71. The number of nitrogens with two attached hydrogens (primary N) is 1. The molecule has 1 aliphatic heterocycles. The molecular formula is C27H37N5O5S. The second-order valence-electron chi connectivity index (χ2n) is 9.63. The lowest BCUT2D eigenvalue weighted by atomic mass is 9.96. The Morgan fingerprint density at radius 2 is 1.95 bits per heavy atom. The lowest BCUT2D eigenvalue weighted by molar-refractivity contribution is -0.132. The first-order valence-corrected chi connectivity index (χ1v) is 14.4. The van der Waals surface area contributed by atoms with Gasteiger partial charge < -0.3 is 24.7 Å². The Hall–Kier alpha value is -2.99. The molecule has 11 heteroatoms. The number of carbonyl (C=O) groups is 1. The Balaban J connectivity index is 1.37. The van der Waals surface area contributed by atoms with E-state index in [-0.39, 0.29) is 29.7 Å². The van der Waals surface area contributed by atoms with Crippen LogP contribution in [0.2, 0.25) is 0 Å². The smallest absolute Gasteiger partial charge is 0.240 e. The maximum atomic E-state index is 13.1. The van der Waals surface area contributed by atoms with Gasteiger partial charge in [-0.05, 0) is 55.7 Å². The maximum absolute atomic E-state index is 13.1. The molecule has 0 saturated carbocycles. The first kappa shape index (κ1) is 28.0. The minimum atomic E-state index is -3.74. The molecule has 2 atom stereocenters. The van der Waals surface area contributed by atoms with Gasteiger partial charge in [-0.2, -0.15) is 0 Å². The van der Waals surface area contributed by atoms with Crippen molar-refractivity contribution in [1.82, 2.24) is 19.2 Å². The van der Waals surface area contributed by atoms with Crippen LogP contribution in [0.25, 0.3) is 11.0 Å². The molecule has 1 saturated heterocycles. The van der Waals surface area contributed by atoms with E-state index in [9.17, 15) is 13.2 Å². The average molecular weight is 544 g/mol. The summed E-state index contributed by atoms with van der Waals surface area (Å²) in [5.41, 5.74) is 8.22. The summed E-state index contributed by atoms with van der Waals surface area (Å²) in [5, 5.41) is 0. The molecule has 2 heterocycles. The van der Waals surface area contributed by atoms with E-state index in [1.165, 1.54) is 19.2 Å². The molecule has 0 unspecified atom stereocenters. The van der Waals surface area contributed by atoms with Crippen molar-refractivity contribution in [1.29, 1.82) is 0 Å². The highest BCUT2D eigenvalue weighted by Crippen LogP contribution is 2.30. The number of fused-ring (bicyclic) bond motifs is 1. The molecule has 206 valence electrons. The maximum Gasteiger partial charge on any atom is 0.240 e. The third-order valence-electron chi connectivity index (χ3n) is 6.90. The van der Waals surface area contributed by atoms with Crippen molar-refractivity contribution in [2.24, 2.45) is 5.73 Å². The second-order valence-corrected chi connectivity index (χ2v) is 11.4. The summed E-state index contributed by atoms with van der Waals surface area (Å²) in [7, 11) is -0.527. The average Bonchev–Trinajstić information content (AvgIpc) is 3.31. The predicted octanol–water partition coefficient (Wildman–Crippen LogP) is 2.48. The van der Waals surface area contributed by atoms with Gasteiger partial charge >= 0.3 is 0 Å². The van der Waals surface area contributed by atoms with Gasteiger partial charge in [0.05, 0.1) is 23.0 Å². The van der Waals surface area contributed by atoms with Gasteiger partial charge in [0.25, 0.3) is 0 Å². The third-order valence-corrected chi connectivity index (χ3v) is 8.34. The number of carbonyl (C=O) groups excluding carboxylic acids is 1. The Morgan fingerprint density at radius 1 is 1.18 bits per heavy atom. The summed E-state index contributed by atoms with van der Waals surface area (Å²) in [4.78, 5) is 20.0. The highest BCUT2D eigenvalue weighted by Gasteiger charge is 2.29. The molecular weight excluding hydrogens is 506 g/mol. The minimum absolute atomic E-state index is 0.0351. The zero-order valence-electron chi connectivity index (χ0n) is 22.0. The van der Waals surface area contributed by atoms with E-state index >= 15 is 0 Å². The molecule has 0 spiro atoms. The van der Waals surface area contributed by atoms with Gasteiger partial charge in [-0.3, -0.25) is 4.79 Å². The number of aryl methyl sites for hydroxylation is 1. The number of imidazole rings is 1. The molecule has 2 aromatic carbocycles. The van der Waals surface area contributed by atoms with E-state index in [4.69, 9.17) is 20.2 Å². The van der Waals surface area contributed by atoms with Crippen LogP contribution in [-0.2, 0) is 26.1 Å². The Morgan fingerprint density at radius 3 is 2.68 bits per heavy atom. The summed E-state index contributed by atoms with van der Waals surface area (Å²) >= 11 is 0. The van der Waals surface area contributed by atoms with Gasteiger partial charge in [0.1, 0.15) is 11.6 Å². The van der Waals surface area contributed by atoms with Crippen molar-refractivity contribution in [3.63, 3.8) is 0 Å². The van der Waals surface area contributed by atoms with E-state index in [0.29, 0.717) is 25.4 Å². The molecule has 0 radical (unpaired) electrons. The molecule has 3 aromatic rings. The number of benzene rings is 2. The van der Waals surface area contributed by atoms with Crippen LogP contribution in [-0.4, -0.2) is 75.3 Å². The summed E-state index contributed by atoms with van der Waals surface area (Å²) < 4.78 is 40.3. The molecule has 1 fully saturated rings. The summed E-state index contributed by atoms with van der Waals surface area (Å²) in [6.45, 7) is 2.65. The van der Waals surface area contributed by atoms with E-state index in [1.54, 1.807) is 19.2 Å². The lowest BCUT2D eigenvalue weighted by Gasteiger charge is -2.33. The van der Waals surface area contributed by atoms with Crippen LogP contribution in [0.3, 0.4) is 0 Å². The minimum Gasteiger partial charge on any atom is -0.497 e. The normalized spacial score (nSPS) is 17.0. The van der Waals surface area contributed by atoms with Gasteiger partial charge in [0, 0.05) is 58.3 Å². The number of ether oxygens (including phenoxy) is 2. The summed E-state index contributed by atoms with van der Waals surface area (Å²) in [5.74, 6) is 1.60. The summed E-state index contributed by atoms with van der Waals surface area (Å²) in [6, 6.07) is 13.5. The highest BCUT2D eigenvalue weighted by molar-refractivity contribution is 7.89. The van der Waals surface area contributed by atoms with Gasteiger partial charge in [-0.15, -0.1) is 0 Å². The molecule has 1 amide bonds. The second kappa shape index (κ2) is 12.7. The number of sulfonamides is 1. The molecule has 0 bridgehead atoms. The number of hydrogen-bond acceptors (Lipinski definition) is 7. The standard InChI is InChI=1S/C27H37N5O5S/c1-36-16-6-15-32-25-9-4-3-8-24(25)30-27(32)20-7-5-14-31(19-20)26(33)17-21(28)18-29-38(34,35)23-12-10-22(37-2)11-13-23/h3-4,8-13,20-21,29H,5-7,14-19,28H2,1-2H3/t20-,21-/m1/s1. The van der Waals surface area contributed by atoms with Crippen molar-refractivity contribution in [3.8, 4) is 5.75 Å². The van der Waals surface area contributed by atoms with E-state index in [2.05, 4.69) is 15.4 Å². The molecule has 10 nitrogen and oxygen atoms in total. The van der Waals surface area contributed by atoms with Gasteiger partial charge in [-0.25, -0.2) is 18.1 Å². The van der Waals surface area contributed by atoms with Crippen LogP contribution in [0, 0.1) is 0 Å².